The highest BCUT2D eigenvalue weighted by Gasteiger charge is 2.20. The number of aromatic nitrogens is 1. The smallest absolute Gasteiger partial charge is 0.185 e. The molecule has 8 heteroatoms. The Morgan fingerprint density at radius 1 is 1.05 bits per heavy atom. The van der Waals surface area contributed by atoms with Crippen molar-refractivity contribution in [1.29, 1.82) is 0 Å². The van der Waals surface area contributed by atoms with Crippen molar-refractivity contribution < 1.29 is 17.6 Å². The summed E-state index contributed by atoms with van der Waals surface area (Å²) in [5.41, 5.74) is 4.62. The van der Waals surface area contributed by atoms with Gasteiger partial charge in [0, 0.05) is 16.7 Å². The first-order valence-corrected chi connectivity index (χ1v) is 5.70. The van der Waals surface area contributed by atoms with E-state index in [1.54, 1.807) is 0 Å². The Bertz CT molecular complexity index is 622. The van der Waals surface area contributed by atoms with Crippen LogP contribution < -0.4 is 11.1 Å². The van der Waals surface area contributed by atoms with Crippen LogP contribution in [0.4, 0.5) is 34.8 Å². The summed E-state index contributed by atoms with van der Waals surface area (Å²) in [5.74, 6) is -6.26. The topological polar surface area (TPSA) is 50.9 Å². The molecule has 2 aromatic rings. The summed E-state index contributed by atoms with van der Waals surface area (Å²) in [6.07, 6.45) is 1.31. The van der Waals surface area contributed by atoms with Crippen molar-refractivity contribution in [2.75, 3.05) is 11.1 Å². The monoisotopic (exact) mass is 335 g/mol. The van der Waals surface area contributed by atoms with E-state index in [-0.39, 0.29) is 17.6 Å². The summed E-state index contributed by atoms with van der Waals surface area (Å²) >= 11 is 3.10. The molecule has 1 aromatic carbocycles. The minimum absolute atomic E-state index is 0.0536. The van der Waals surface area contributed by atoms with E-state index in [2.05, 4.69) is 26.2 Å². The van der Waals surface area contributed by atoms with Gasteiger partial charge in [-0.15, -0.1) is 0 Å². The van der Waals surface area contributed by atoms with Gasteiger partial charge in [-0.05, 0) is 22.0 Å². The molecule has 0 amide bonds. The van der Waals surface area contributed by atoms with Gasteiger partial charge in [-0.3, -0.25) is 0 Å². The van der Waals surface area contributed by atoms with E-state index in [9.17, 15) is 17.6 Å². The summed E-state index contributed by atoms with van der Waals surface area (Å²) in [5, 5.41) is 2.13. The zero-order valence-electron chi connectivity index (χ0n) is 9.15. The van der Waals surface area contributed by atoms with Crippen molar-refractivity contribution in [2.24, 2.45) is 0 Å². The van der Waals surface area contributed by atoms with E-state index in [4.69, 9.17) is 5.73 Å². The maximum absolute atomic E-state index is 13.4. The van der Waals surface area contributed by atoms with E-state index >= 15 is 0 Å². The molecule has 0 saturated carbocycles. The fourth-order valence-electron chi connectivity index (χ4n) is 1.36. The number of nitrogen functional groups attached to an aromatic ring is 1. The van der Waals surface area contributed by atoms with Crippen LogP contribution >= 0.6 is 15.9 Å². The molecule has 0 atom stereocenters. The van der Waals surface area contributed by atoms with Crippen LogP contribution in [0.25, 0.3) is 0 Å². The van der Waals surface area contributed by atoms with Gasteiger partial charge in [-0.1, -0.05) is 0 Å². The molecule has 0 radical (unpaired) electrons. The Balaban J connectivity index is 2.49. The highest BCUT2D eigenvalue weighted by molar-refractivity contribution is 9.10. The van der Waals surface area contributed by atoms with Crippen LogP contribution in [0.2, 0.25) is 0 Å². The molecule has 0 aliphatic carbocycles. The third kappa shape index (κ3) is 2.62. The summed E-state index contributed by atoms with van der Waals surface area (Å²) in [7, 11) is 0. The molecular formula is C11H6BrF4N3. The molecule has 2 rings (SSSR count). The van der Waals surface area contributed by atoms with E-state index in [1.807, 2.05) is 0 Å². The van der Waals surface area contributed by atoms with Crippen LogP contribution in [0.1, 0.15) is 0 Å². The van der Waals surface area contributed by atoms with Crippen LogP contribution in [0.5, 0.6) is 0 Å². The standard InChI is InChI=1S/C11H6BrF4N3/c12-4-1-7(17)11(18-3-4)19-10-8(15)5(13)2-6(14)9(10)16/h1-3H,17H2,(H,18,19). The lowest BCUT2D eigenvalue weighted by Gasteiger charge is -2.11. The number of nitrogens with one attached hydrogen (secondary N) is 1. The SMILES string of the molecule is Nc1cc(Br)cnc1Nc1c(F)c(F)cc(F)c1F. The molecule has 1 heterocycles. The van der Waals surface area contributed by atoms with Crippen molar-refractivity contribution in [2.45, 2.75) is 0 Å². The lowest BCUT2D eigenvalue weighted by molar-refractivity contribution is 0.459. The van der Waals surface area contributed by atoms with Gasteiger partial charge >= 0.3 is 0 Å². The van der Waals surface area contributed by atoms with Gasteiger partial charge in [0.1, 0.15) is 5.69 Å². The van der Waals surface area contributed by atoms with Gasteiger partial charge in [0.15, 0.2) is 29.1 Å². The highest BCUT2D eigenvalue weighted by atomic mass is 79.9. The molecule has 0 aliphatic rings. The number of rotatable bonds is 2. The number of hydrogen-bond donors (Lipinski definition) is 2. The summed E-state index contributed by atoms with van der Waals surface area (Å²) < 4.78 is 53.4. The molecule has 0 aliphatic heterocycles. The molecule has 3 nitrogen and oxygen atoms in total. The second-order valence-corrected chi connectivity index (χ2v) is 4.48. The first-order valence-electron chi connectivity index (χ1n) is 4.91. The van der Waals surface area contributed by atoms with Crippen molar-refractivity contribution in [1.82, 2.24) is 4.98 Å². The number of nitrogens with two attached hydrogens (primary N) is 1. The number of benzene rings is 1. The second-order valence-electron chi connectivity index (χ2n) is 3.56. The average molecular weight is 336 g/mol. The molecule has 1 aromatic heterocycles. The van der Waals surface area contributed by atoms with Crippen molar-refractivity contribution in [3.8, 4) is 0 Å². The Labute approximate surface area is 113 Å². The molecule has 0 saturated heterocycles. The number of halogens is 5. The van der Waals surface area contributed by atoms with E-state index in [1.165, 1.54) is 12.3 Å². The maximum atomic E-state index is 13.4. The third-order valence-electron chi connectivity index (χ3n) is 2.24. The lowest BCUT2D eigenvalue weighted by atomic mass is 10.2. The van der Waals surface area contributed by atoms with Crippen LogP contribution in [0.3, 0.4) is 0 Å². The quantitative estimate of drug-likeness (QED) is 0.649. The molecule has 0 bridgehead atoms. The lowest BCUT2D eigenvalue weighted by Crippen LogP contribution is -2.06. The van der Waals surface area contributed by atoms with Crippen LogP contribution in [0, 0.1) is 23.3 Å². The minimum Gasteiger partial charge on any atom is -0.396 e. The first-order chi connectivity index (χ1) is 8.90. The van der Waals surface area contributed by atoms with Gasteiger partial charge < -0.3 is 11.1 Å². The zero-order valence-corrected chi connectivity index (χ0v) is 10.7. The number of anilines is 3. The first kappa shape index (κ1) is 13.6. The number of nitrogens with zero attached hydrogens (tertiary/aromatic N) is 1. The predicted octanol–water partition coefficient (Wildman–Crippen LogP) is 3.73. The Hall–Kier alpha value is -1.83. The summed E-state index contributed by atoms with van der Waals surface area (Å²) in [4.78, 5) is 3.75. The average Bonchev–Trinajstić information content (AvgIpc) is 2.34. The molecule has 3 N–H and O–H groups in total. The zero-order chi connectivity index (χ0) is 14.2. The molecule has 0 unspecified atom stereocenters. The Morgan fingerprint density at radius 2 is 1.63 bits per heavy atom. The van der Waals surface area contributed by atoms with Crippen molar-refractivity contribution in [3.05, 3.63) is 46.1 Å². The molecule has 100 valence electrons. The van der Waals surface area contributed by atoms with Gasteiger partial charge in [-0.2, -0.15) is 0 Å². The van der Waals surface area contributed by atoms with E-state index in [0.717, 1.165) is 0 Å². The Morgan fingerprint density at radius 3 is 2.16 bits per heavy atom. The fourth-order valence-corrected chi connectivity index (χ4v) is 1.71. The second kappa shape index (κ2) is 5.04. The molecule has 0 fully saturated rings. The third-order valence-corrected chi connectivity index (χ3v) is 2.67. The van der Waals surface area contributed by atoms with E-state index < -0.39 is 29.0 Å². The maximum Gasteiger partial charge on any atom is 0.185 e. The highest BCUT2D eigenvalue weighted by Crippen LogP contribution is 2.29. The number of pyridine rings is 1. The van der Waals surface area contributed by atoms with Crippen molar-refractivity contribution >= 4 is 33.1 Å². The van der Waals surface area contributed by atoms with Crippen LogP contribution in [-0.4, -0.2) is 4.98 Å². The normalized spacial score (nSPS) is 10.6. The summed E-state index contributed by atoms with van der Waals surface area (Å²) in [6, 6.07) is 1.54. The summed E-state index contributed by atoms with van der Waals surface area (Å²) in [6.45, 7) is 0. The van der Waals surface area contributed by atoms with Gasteiger partial charge in [0.25, 0.3) is 0 Å². The Kier molecular flexibility index (Phi) is 3.61. The van der Waals surface area contributed by atoms with Crippen molar-refractivity contribution in [3.63, 3.8) is 0 Å². The largest absolute Gasteiger partial charge is 0.396 e. The predicted molar refractivity (Wildman–Crippen MR) is 65.9 cm³/mol. The number of hydrogen-bond acceptors (Lipinski definition) is 3. The fraction of sp³-hybridized carbons (Fsp3) is 0. The minimum atomic E-state index is -1.55. The molecule has 0 spiro atoms. The van der Waals surface area contributed by atoms with Gasteiger partial charge in [-0.25, -0.2) is 22.5 Å². The van der Waals surface area contributed by atoms with Gasteiger partial charge in [0.05, 0.1) is 5.69 Å². The molecular weight excluding hydrogens is 330 g/mol. The van der Waals surface area contributed by atoms with Crippen LogP contribution in [-0.2, 0) is 0 Å². The molecule has 19 heavy (non-hydrogen) atoms. The van der Waals surface area contributed by atoms with E-state index in [0.29, 0.717) is 4.47 Å². The van der Waals surface area contributed by atoms with Crippen LogP contribution in [0.15, 0.2) is 22.8 Å². The van der Waals surface area contributed by atoms with Gasteiger partial charge in [0.2, 0.25) is 0 Å².